The van der Waals surface area contributed by atoms with Gasteiger partial charge in [-0.2, -0.15) is 0 Å². The van der Waals surface area contributed by atoms with Crippen LogP contribution in [-0.4, -0.2) is 42.0 Å². The zero-order valence-electron chi connectivity index (χ0n) is 13.7. The van der Waals surface area contributed by atoms with E-state index in [1.807, 2.05) is 30.3 Å². The molecule has 1 saturated heterocycles. The Morgan fingerprint density at radius 2 is 2.04 bits per heavy atom. The smallest absolute Gasteiger partial charge is 0.249 e. The summed E-state index contributed by atoms with van der Waals surface area (Å²) in [6, 6.07) is 9.80. The summed E-state index contributed by atoms with van der Waals surface area (Å²) in [6.45, 7) is 4.66. The molecule has 1 aliphatic carbocycles. The van der Waals surface area contributed by atoms with Crippen molar-refractivity contribution in [3.8, 4) is 0 Å². The minimum Gasteiger partial charge on any atom is -0.372 e. The van der Waals surface area contributed by atoms with Gasteiger partial charge in [0.1, 0.15) is 0 Å². The molecule has 1 saturated carbocycles. The Kier molecular flexibility index (Phi) is 4.99. The fourth-order valence-electron chi connectivity index (χ4n) is 3.65. The molecule has 1 aliphatic heterocycles. The molecular formula is C19H23F2NO2. The van der Waals surface area contributed by atoms with Crippen LogP contribution in [0.5, 0.6) is 0 Å². The van der Waals surface area contributed by atoms with Crippen molar-refractivity contribution in [2.45, 2.75) is 43.8 Å². The molecule has 24 heavy (non-hydrogen) atoms. The van der Waals surface area contributed by atoms with Crippen molar-refractivity contribution >= 4 is 5.91 Å². The van der Waals surface area contributed by atoms with Gasteiger partial charge in [0.2, 0.25) is 11.8 Å². The lowest BCUT2D eigenvalue weighted by atomic mass is 9.80. The summed E-state index contributed by atoms with van der Waals surface area (Å²) >= 11 is 0. The first-order valence-electron chi connectivity index (χ1n) is 8.45. The van der Waals surface area contributed by atoms with Crippen LogP contribution in [0.15, 0.2) is 43.0 Å². The zero-order valence-corrected chi connectivity index (χ0v) is 13.7. The van der Waals surface area contributed by atoms with Crippen LogP contribution in [0, 0.1) is 5.92 Å². The van der Waals surface area contributed by atoms with Crippen molar-refractivity contribution in [1.29, 1.82) is 0 Å². The molecule has 2 atom stereocenters. The highest BCUT2D eigenvalue weighted by Crippen LogP contribution is 2.44. The lowest BCUT2D eigenvalue weighted by Gasteiger charge is -2.38. The molecule has 0 bridgehead atoms. The molecule has 3 rings (SSSR count). The number of hydrogen-bond donors (Lipinski definition) is 0. The Labute approximate surface area is 141 Å². The van der Waals surface area contributed by atoms with E-state index in [2.05, 4.69) is 6.58 Å². The van der Waals surface area contributed by atoms with Crippen molar-refractivity contribution in [1.82, 2.24) is 4.90 Å². The van der Waals surface area contributed by atoms with E-state index in [1.54, 1.807) is 11.0 Å². The number of rotatable bonds is 6. The topological polar surface area (TPSA) is 29.5 Å². The summed E-state index contributed by atoms with van der Waals surface area (Å²) in [7, 11) is 0. The predicted octanol–water partition coefficient (Wildman–Crippen LogP) is 3.45. The summed E-state index contributed by atoms with van der Waals surface area (Å²) in [5, 5.41) is 0. The summed E-state index contributed by atoms with van der Waals surface area (Å²) in [5.74, 6) is -3.36. The van der Waals surface area contributed by atoms with E-state index in [1.165, 1.54) is 0 Å². The number of ether oxygens (including phenoxy) is 1. The van der Waals surface area contributed by atoms with Gasteiger partial charge < -0.3 is 9.64 Å². The molecular weight excluding hydrogens is 312 g/mol. The van der Waals surface area contributed by atoms with E-state index < -0.39 is 11.8 Å². The highest BCUT2D eigenvalue weighted by molar-refractivity contribution is 5.80. The van der Waals surface area contributed by atoms with E-state index in [9.17, 15) is 13.6 Å². The molecule has 3 nitrogen and oxygen atoms in total. The standard InChI is InChI=1S/C19H23F2NO2/c1-2-10-24-17-8-9-22(18(23)15-12-19(20,21)13-15)16(17)11-14-6-4-3-5-7-14/h2-7,15-17H,1,8-13H2/t16-,17+/m0/s1. The highest BCUT2D eigenvalue weighted by atomic mass is 19.3. The van der Waals surface area contributed by atoms with Gasteiger partial charge in [0.05, 0.1) is 18.8 Å². The summed E-state index contributed by atoms with van der Waals surface area (Å²) < 4.78 is 32.1. The Bertz CT molecular complexity index is 582. The molecule has 5 heteroatoms. The van der Waals surface area contributed by atoms with Crippen molar-refractivity contribution in [3.05, 3.63) is 48.6 Å². The molecule has 0 aromatic heterocycles. The van der Waals surface area contributed by atoms with Crippen LogP contribution in [0.25, 0.3) is 0 Å². The van der Waals surface area contributed by atoms with Gasteiger partial charge in [-0.1, -0.05) is 36.4 Å². The van der Waals surface area contributed by atoms with E-state index in [0.717, 1.165) is 12.0 Å². The summed E-state index contributed by atoms with van der Waals surface area (Å²) in [4.78, 5) is 14.4. The molecule has 1 aromatic carbocycles. The van der Waals surface area contributed by atoms with Crippen molar-refractivity contribution in [3.63, 3.8) is 0 Å². The quantitative estimate of drug-likeness (QED) is 0.745. The molecule has 1 aromatic rings. The first kappa shape index (κ1) is 17.1. The average molecular weight is 335 g/mol. The zero-order chi connectivity index (χ0) is 17.2. The SMILES string of the molecule is C=CCO[C@@H]1CCN(C(=O)C2CC(F)(F)C2)[C@H]1Cc1ccccc1. The van der Waals surface area contributed by atoms with Crippen LogP contribution in [0.2, 0.25) is 0 Å². The number of benzene rings is 1. The summed E-state index contributed by atoms with van der Waals surface area (Å²) in [5.41, 5.74) is 1.12. The fourth-order valence-corrected chi connectivity index (χ4v) is 3.65. The fraction of sp³-hybridized carbons (Fsp3) is 0.526. The largest absolute Gasteiger partial charge is 0.372 e. The van der Waals surface area contributed by atoms with E-state index >= 15 is 0 Å². The Hall–Kier alpha value is -1.75. The van der Waals surface area contributed by atoms with Crippen LogP contribution >= 0.6 is 0 Å². The van der Waals surface area contributed by atoms with Gasteiger partial charge in [0, 0.05) is 25.3 Å². The van der Waals surface area contributed by atoms with Gasteiger partial charge >= 0.3 is 0 Å². The lowest BCUT2D eigenvalue weighted by Crippen LogP contribution is -2.50. The average Bonchev–Trinajstić information content (AvgIpc) is 2.93. The van der Waals surface area contributed by atoms with Crippen molar-refractivity contribution in [2.75, 3.05) is 13.2 Å². The second-order valence-electron chi connectivity index (χ2n) is 6.70. The second-order valence-corrected chi connectivity index (χ2v) is 6.70. The van der Waals surface area contributed by atoms with Gasteiger partial charge in [-0.3, -0.25) is 4.79 Å². The number of carbonyl (C=O) groups is 1. The van der Waals surface area contributed by atoms with Crippen LogP contribution in [-0.2, 0) is 16.0 Å². The third kappa shape index (κ3) is 3.66. The number of hydrogen-bond acceptors (Lipinski definition) is 2. The number of alkyl halides is 2. The Balaban J connectivity index is 1.71. The van der Waals surface area contributed by atoms with Crippen molar-refractivity contribution < 1.29 is 18.3 Å². The van der Waals surface area contributed by atoms with E-state index in [-0.39, 0.29) is 30.9 Å². The number of nitrogens with zero attached hydrogens (tertiary/aromatic N) is 1. The van der Waals surface area contributed by atoms with Crippen LogP contribution in [0.4, 0.5) is 8.78 Å². The van der Waals surface area contributed by atoms with E-state index in [0.29, 0.717) is 19.6 Å². The molecule has 2 fully saturated rings. The van der Waals surface area contributed by atoms with Gasteiger partial charge in [-0.05, 0) is 18.4 Å². The first-order valence-corrected chi connectivity index (χ1v) is 8.45. The molecule has 1 heterocycles. The lowest BCUT2D eigenvalue weighted by molar-refractivity contribution is -0.161. The highest BCUT2D eigenvalue weighted by Gasteiger charge is 2.51. The third-order valence-corrected chi connectivity index (χ3v) is 4.92. The maximum atomic E-state index is 13.1. The predicted molar refractivity (Wildman–Crippen MR) is 87.9 cm³/mol. The number of likely N-dealkylation sites (tertiary alicyclic amines) is 1. The van der Waals surface area contributed by atoms with Crippen LogP contribution < -0.4 is 0 Å². The van der Waals surface area contributed by atoms with E-state index in [4.69, 9.17) is 4.74 Å². The van der Waals surface area contributed by atoms with Crippen LogP contribution in [0.1, 0.15) is 24.8 Å². The van der Waals surface area contributed by atoms with Gasteiger partial charge in [-0.25, -0.2) is 8.78 Å². The number of halogens is 2. The minimum absolute atomic E-state index is 0.0762. The molecule has 1 amide bonds. The maximum absolute atomic E-state index is 13.1. The minimum atomic E-state index is -2.67. The van der Waals surface area contributed by atoms with Crippen LogP contribution in [0.3, 0.4) is 0 Å². The normalized spacial score (nSPS) is 26.2. The summed E-state index contributed by atoms with van der Waals surface area (Å²) in [6.07, 6.45) is 2.39. The number of amides is 1. The molecule has 130 valence electrons. The first-order chi connectivity index (χ1) is 11.5. The Morgan fingerprint density at radius 1 is 1.33 bits per heavy atom. The second kappa shape index (κ2) is 7.01. The number of carbonyl (C=O) groups excluding carboxylic acids is 1. The monoisotopic (exact) mass is 335 g/mol. The van der Waals surface area contributed by atoms with Gasteiger partial charge in [0.25, 0.3) is 0 Å². The molecule has 0 radical (unpaired) electrons. The maximum Gasteiger partial charge on any atom is 0.249 e. The molecule has 0 N–H and O–H groups in total. The molecule has 2 aliphatic rings. The molecule has 0 unspecified atom stereocenters. The van der Waals surface area contributed by atoms with Gasteiger partial charge in [0.15, 0.2) is 0 Å². The van der Waals surface area contributed by atoms with Crippen molar-refractivity contribution in [2.24, 2.45) is 5.92 Å². The molecule has 0 spiro atoms. The van der Waals surface area contributed by atoms with Gasteiger partial charge in [-0.15, -0.1) is 6.58 Å². The Morgan fingerprint density at radius 3 is 2.67 bits per heavy atom. The third-order valence-electron chi connectivity index (χ3n) is 4.92.